The van der Waals surface area contributed by atoms with E-state index >= 15 is 0 Å². The maximum Gasteiger partial charge on any atom is 0.308 e. The van der Waals surface area contributed by atoms with E-state index in [2.05, 4.69) is 21.2 Å². The van der Waals surface area contributed by atoms with E-state index in [4.69, 9.17) is 16.3 Å². The molecule has 4 nitrogen and oxygen atoms in total. The highest BCUT2D eigenvalue weighted by Gasteiger charge is 2.27. The first kappa shape index (κ1) is 16.3. The Labute approximate surface area is 137 Å². The van der Waals surface area contributed by atoms with Gasteiger partial charge in [-0.2, -0.15) is 0 Å². The van der Waals surface area contributed by atoms with Crippen LogP contribution >= 0.6 is 27.5 Å². The number of hydrogen-bond donors (Lipinski definition) is 1. The van der Waals surface area contributed by atoms with Gasteiger partial charge in [0.1, 0.15) is 0 Å². The van der Waals surface area contributed by atoms with Crippen LogP contribution in [0.2, 0.25) is 5.02 Å². The SMILES string of the molecule is COC(=O)C1CCC(NC(=O)c2ccc(Br)c(Cl)c2)CC1. The number of nitrogens with one attached hydrogen (secondary N) is 1. The lowest BCUT2D eigenvalue weighted by molar-refractivity contribution is -0.146. The number of esters is 1. The lowest BCUT2D eigenvalue weighted by atomic mass is 9.86. The summed E-state index contributed by atoms with van der Waals surface area (Å²) in [6, 6.07) is 5.22. The molecule has 1 N–H and O–H groups in total. The third-order valence-corrected chi connectivity index (χ3v) is 5.01. The molecule has 1 amide bonds. The average Bonchev–Trinajstić information content (AvgIpc) is 2.50. The molecule has 2 rings (SSSR count). The van der Waals surface area contributed by atoms with E-state index in [1.807, 2.05) is 0 Å². The summed E-state index contributed by atoms with van der Waals surface area (Å²) < 4.78 is 5.52. The summed E-state index contributed by atoms with van der Waals surface area (Å²) in [5.41, 5.74) is 0.540. The number of carbonyl (C=O) groups is 2. The third-order valence-electron chi connectivity index (χ3n) is 3.78. The highest BCUT2D eigenvalue weighted by molar-refractivity contribution is 9.10. The van der Waals surface area contributed by atoms with Crippen LogP contribution in [0.25, 0.3) is 0 Å². The molecular formula is C15H17BrClNO3. The van der Waals surface area contributed by atoms with Gasteiger partial charge in [-0.05, 0) is 59.8 Å². The molecule has 1 aromatic carbocycles. The lowest BCUT2D eigenvalue weighted by Gasteiger charge is -2.27. The van der Waals surface area contributed by atoms with E-state index in [0.717, 1.165) is 30.2 Å². The van der Waals surface area contributed by atoms with Crippen LogP contribution < -0.4 is 5.32 Å². The van der Waals surface area contributed by atoms with Crippen molar-refractivity contribution in [1.29, 1.82) is 0 Å². The van der Waals surface area contributed by atoms with Crippen molar-refractivity contribution in [3.8, 4) is 0 Å². The summed E-state index contributed by atoms with van der Waals surface area (Å²) in [7, 11) is 1.41. The standard InChI is InChI=1S/C15H17BrClNO3/c1-21-15(20)9-2-5-11(6-3-9)18-14(19)10-4-7-12(16)13(17)8-10/h4,7-9,11H,2-3,5-6H2,1H3,(H,18,19). The zero-order chi connectivity index (χ0) is 15.4. The van der Waals surface area contributed by atoms with Crippen molar-refractivity contribution in [1.82, 2.24) is 5.32 Å². The summed E-state index contributed by atoms with van der Waals surface area (Å²) in [4.78, 5) is 23.6. The number of methoxy groups -OCH3 is 1. The van der Waals surface area contributed by atoms with Crippen LogP contribution in [-0.4, -0.2) is 25.0 Å². The Hall–Kier alpha value is -1.07. The van der Waals surface area contributed by atoms with E-state index in [1.165, 1.54) is 7.11 Å². The fraction of sp³-hybridized carbons (Fsp3) is 0.467. The normalized spacial score (nSPS) is 21.7. The van der Waals surface area contributed by atoms with E-state index in [1.54, 1.807) is 18.2 Å². The van der Waals surface area contributed by atoms with Gasteiger partial charge in [-0.1, -0.05) is 11.6 Å². The Bertz CT molecular complexity index is 542. The Morgan fingerprint density at radius 2 is 1.95 bits per heavy atom. The second-order valence-corrected chi connectivity index (χ2v) is 6.44. The number of ether oxygens (including phenoxy) is 1. The topological polar surface area (TPSA) is 55.4 Å². The fourth-order valence-electron chi connectivity index (χ4n) is 2.55. The molecule has 0 heterocycles. The van der Waals surface area contributed by atoms with Gasteiger partial charge in [-0.15, -0.1) is 0 Å². The fourth-order valence-corrected chi connectivity index (χ4v) is 2.97. The van der Waals surface area contributed by atoms with E-state index < -0.39 is 0 Å². The molecule has 0 saturated heterocycles. The minimum absolute atomic E-state index is 0.0368. The van der Waals surface area contributed by atoms with Crippen molar-refractivity contribution in [3.63, 3.8) is 0 Å². The number of hydrogen-bond acceptors (Lipinski definition) is 3. The van der Waals surface area contributed by atoms with Gasteiger partial charge in [0.15, 0.2) is 0 Å². The summed E-state index contributed by atoms with van der Waals surface area (Å²) in [5.74, 6) is -0.323. The summed E-state index contributed by atoms with van der Waals surface area (Å²) in [6.45, 7) is 0. The smallest absolute Gasteiger partial charge is 0.308 e. The van der Waals surface area contributed by atoms with Gasteiger partial charge < -0.3 is 10.1 Å². The second-order valence-electron chi connectivity index (χ2n) is 5.17. The van der Waals surface area contributed by atoms with Gasteiger partial charge in [-0.3, -0.25) is 9.59 Å². The van der Waals surface area contributed by atoms with E-state index in [0.29, 0.717) is 10.6 Å². The molecule has 0 unspecified atom stereocenters. The maximum absolute atomic E-state index is 12.2. The number of amides is 1. The molecular weight excluding hydrogens is 358 g/mol. The summed E-state index contributed by atoms with van der Waals surface area (Å²) >= 11 is 9.29. The molecule has 0 aromatic heterocycles. The molecule has 0 aliphatic heterocycles. The summed E-state index contributed by atoms with van der Waals surface area (Å²) in [5, 5.41) is 3.51. The van der Waals surface area contributed by atoms with Crippen LogP contribution in [0, 0.1) is 5.92 Å². The molecule has 0 spiro atoms. The monoisotopic (exact) mass is 373 g/mol. The zero-order valence-electron chi connectivity index (χ0n) is 11.7. The third kappa shape index (κ3) is 4.20. The number of benzene rings is 1. The first-order valence-electron chi connectivity index (χ1n) is 6.85. The second kappa shape index (κ2) is 7.27. The van der Waals surface area contributed by atoms with Crippen molar-refractivity contribution in [3.05, 3.63) is 33.3 Å². The molecule has 1 aliphatic carbocycles. The molecule has 0 radical (unpaired) electrons. The average molecular weight is 375 g/mol. The Balaban J connectivity index is 1.89. The molecule has 0 atom stereocenters. The predicted octanol–water partition coefficient (Wildman–Crippen LogP) is 3.56. The molecule has 0 bridgehead atoms. The minimum atomic E-state index is -0.153. The molecule has 1 fully saturated rings. The largest absolute Gasteiger partial charge is 0.469 e. The Kier molecular flexibility index (Phi) is 5.65. The predicted molar refractivity (Wildman–Crippen MR) is 84.4 cm³/mol. The van der Waals surface area contributed by atoms with Gasteiger partial charge in [0.05, 0.1) is 18.1 Å². The minimum Gasteiger partial charge on any atom is -0.469 e. The molecule has 114 valence electrons. The maximum atomic E-state index is 12.2. The van der Waals surface area contributed by atoms with Crippen molar-refractivity contribution in [2.45, 2.75) is 31.7 Å². The van der Waals surface area contributed by atoms with Crippen LogP contribution in [0.1, 0.15) is 36.0 Å². The number of halogens is 2. The van der Waals surface area contributed by atoms with Crippen LogP contribution in [-0.2, 0) is 9.53 Å². The quantitative estimate of drug-likeness (QED) is 0.823. The van der Waals surface area contributed by atoms with Crippen molar-refractivity contribution < 1.29 is 14.3 Å². The molecule has 6 heteroatoms. The zero-order valence-corrected chi connectivity index (χ0v) is 14.0. The molecule has 1 aliphatic rings. The van der Waals surface area contributed by atoms with Crippen molar-refractivity contribution >= 4 is 39.4 Å². The molecule has 1 aromatic rings. The van der Waals surface area contributed by atoms with Crippen molar-refractivity contribution in [2.75, 3.05) is 7.11 Å². The van der Waals surface area contributed by atoms with E-state index in [9.17, 15) is 9.59 Å². The Morgan fingerprint density at radius 3 is 2.52 bits per heavy atom. The van der Waals surface area contributed by atoms with Crippen LogP contribution in [0.3, 0.4) is 0 Å². The van der Waals surface area contributed by atoms with Crippen LogP contribution in [0.4, 0.5) is 0 Å². The molecule has 1 saturated carbocycles. The highest BCUT2D eigenvalue weighted by atomic mass is 79.9. The highest BCUT2D eigenvalue weighted by Crippen LogP contribution is 2.26. The summed E-state index contributed by atoms with van der Waals surface area (Å²) in [6.07, 6.45) is 3.07. The Morgan fingerprint density at radius 1 is 1.29 bits per heavy atom. The van der Waals surface area contributed by atoms with Gasteiger partial charge in [0.25, 0.3) is 5.91 Å². The van der Waals surface area contributed by atoms with Crippen molar-refractivity contribution in [2.24, 2.45) is 5.92 Å². The van der Waals surface area contributed by atoms with Crippen LogP contribution in [0.15, 0.2) is 22.7 Å². The van der Waals surface area contributed by atoms with Gasteiger partial charge in [-0.25, -0.2) is 0 Å². The van der Waals surface area contributed by atoms with Gasteiger partial charge in [0, 0.05) is 16.1 Å². The van der Waals surface area contributed by atoms with Crippen LogP contribution in [0.5, 0.6) is 0 Å². The first-order valence-corrected chi connectivity index (χ1v) is 8.02. The number of rotatable bonds is 3. The number of carbonyl (C=O) groups excluding carboxylic acids is 2. The lowest BCUT2D eigenvalue weighted by Crippen LogP contribution is -2.38. The first-order chi connectivity index (χ1) is 10.0. The van der Waals surface area contributed by atoms with Gasteiger partial charge >= 0.3 is 5.97 Å². The molecule has 21 heavy (non-hydrogen) atoms. The van der Waals surface area contributed by atoms with E-state index in [-0.39, 0.29) is 23.8 Å². The van der Waals surface area contributed by atoms with Gasteiger partial charge in [0.2, 0.25) is 0 Å².